The van der Waals surface area contributed by atoms with Gasteiger partial charge in [-0.1, -0.05) is 24.3 Å². The first-order valence-corrected chi connectivity index (χ1v) is 7.12. The van der Waals surface area contributed by atoms with E-state index >= 15 is 0 Å². The summed E-state index contributed by atoms with van der Waals surface area (Å²) in [5.41, 5.74) is -0.638. The van der Waals surface area contributed by atoms with Gasteiger partial charge in [0.2, 0.25) is 11.8 Å². The highest BCUT2D eigenvalue weighted by Crippen LogP contribution is 2.52. The summed E-state index contributed by atoms with van der Waals surface area (Å²) in [6.45, 7) is -0.319. The number of aliphatic hydroxyl groups is 1. The smallest absolute Gasteiger partial charge is 0.241 e. The Morgan fingerprint density at radius 1 is 1.32 bits per heavy atom. The molecule has 1 aromatic carbocycles. The number of nitrogens with zero attached hydrogens (tertiary/aromatic N) is 1. The maximum atomic E-state index is 12.8. The molecule has 22 heavy (non-hydrogen) atoms. The van der Waals surface area contributed by atoms with Crippen LogP contribution in [-0.4, -0.2) is 42.3 Å². The SMILES string of the molecule is COc1ccccc1N1C(=O)[C@H]2[C@@H]3C=C[C@@](CO)(O3)[C@H]2C1=O. The van der Waals surface area contributed by atoms with Crippen molar-refractivity contribution >= 4 is 17.5 Å². The van der Waals surface area contributed by atoms with Gasteiger partial charge in [0.05, 0.1) is 37.3 Å². The second-order valence-electron chi connectivity index (χ2n) is 5.74. The Morgan fingerprint density at radius 3 is 2.82 bits per heavy atom. The molecule has 4 rings (SSSR count). The molecule has 114 valence electrons. The molecule has 1 aromatic rings. The second-order valence-corrected chi connectivity index (χ2v) is 5.74. The molecule has 2 saturated heterocycles. The minimum absolute atomic E-state index is 0.302. The number of carbonyl (C=O) groups excluding carboxylic acids is 2. The van der Waals surface area contributed by atoms with Crippen LogP contribution in [0.4, 0.5) is 5.69 Å². The fourth-order valence-corrected chi connectivity index (χ4v) is 3.74. The number of carbonyl (C=O) groups is 2. The molecule has 0 aliphatic carbocycles. The number of hydrogen-bond donors (Lipinski definition) is 1. The molecule has 3 aliphatic heterocycles. The van der Waals surface area contributed by atoms with E-state index in [0.29, 0.717) is 11.4 Å². The van der Waals surface area contributed by atoms with E-state index in [-0.39, 0.29) is 18.4 Å². The Labute approximate surface area is 126 Å². The number of fused-ring (bicyclic) bond motifs is 5. The number of rotatable bonds is 3. The molecule has 2 fully saturated rings. The van der Waals surface area contributed by atoms with Gasteiger partial charge in [0.15, 0.2) is 0 Å². The van der Waals surface area contributed by atoms with Crippen molar-refractivity contribution in [3.63, 3.8) is 0 Å². The summed E-state index contributed by atoms with van der Waals surface area (Å²) in [5.74, 6) is -1.44. The van der Waals surface area contributed by atoms with Gasteiger partial charge in [-0.2, -0.15) is 0 Å². The zero-order chi connectivity index (χ0) is 15.5. The molecule has 6 heteroatoms. The molecule has 0 radical (unpaired) electrons. The fourth-order valence-electron chi connectivity index (χ4n) is 3.74. The Hall–Kier alpha value is -2.18. The largest absolute Gasteiger partial charge is 0.495 e. The lowest BCUT2D eigenvalue weighted by Crippen LogP contribution is -2.43. The van der Waals surface area contributed by atoms with Crippen molar-refractivity contribution in [1.82, 2.24) is 0 Å². The van der Waals surface area contributed by atoms with E-state index in [2.05, 4.69) is 0 Å². The molecule has 2 amide bonds. The standard InChI is InChI=1S/C16H15NO5/c1-21-10-5-3-2-4-9(10)17-14(19)12-11-6-7-16(8-18,22-11)13(12)15(17)20/h2-7,11-13,18H,8H2,1H3/t11-,12-,13+,16-/m0/s1. The maximum absolute atomic E-state index is 12.8. The molecule has 0 aromatic heterocycles. The number of aliphatic hydroxyl groups excluding tert-OH is 1. The van der Waals surface area contributed by atoms with Crippen molar-refractivity contribution in [3.8, 4) is 5.75 Å². The highest BCUT2D eigenvalue weighted by atomic mass is 16.5. The fraction of sp³-hybridized carbons (Fsp3) is 0.375. The van der Waals surface area contributed by atoms with Gasteiger partial charge in [0.25, 0.3) is 0 Å². The van der Waals surface area contributed by atoms with E-state index in [1.54, 1.807) is 36.4 Å². The van der Waals surface area contributed by atoms with Crippen LogP contribution >= 0.6 is 0 Å². The molecular formula is C16H15NO5. The van der Waals surface area contributed by atoms with Crippen molar-refractivity contribution in [2.75, 3.05) is 18.6 Å². The summed E-state index contributed by atoms with van der Waals surface area (Å²) >= 11 is 0. The predicted octanol–water partition coefficient (Wildman–Crippen LogP) is 0.500. The highest BCUT2D eigenvalue weighted by molar-refractivity contribution is 6.24. The minimum atomic E-state index is -1.07. The van der Waals surface area contributed by atoms with Crippen LogP contribution in [0.2, 0.25) is 0 Å². The Kier molecular flexibility index (Phi) is 2.70. The molecule has 6 nitrogen and oxygen atoms in total. The van der Waals surface area contributed by atoms with Crippen LogP contribution in [0.5, 0.6) is 5.75 Å². The van der Waals surface area contributed by atoms with Gasteiger partial charge in [-0.25, -0.2) is 4.90 Å². The highest BCUT2D eigenvalue weighted by Gasteiger charge is 2.67. The van der Waals surface area contributed by atoms with Gasteiger partial charge in [-0.15, -0.1) is 0 Å². The average Bonchev–Trinajstić information content (AvgIpc) is 3.18. The van der Waals surface area contributed by atoms with Gasteiger partial charge < -0.3 is 14.6 Å². The third kappa shape index (κ3) is 1.46. The molecule has 0 spiro atoms. The van der Waals surface area contributed by atoms with Crippen LogP contribution in [0.1, 0.15) is 0 Å². The molecule has 0 unspecified atom stereocenters. The van der Waals surface area contributed by atoms with Gasteiger partial charge in [0, 0.05) is 0 Å². The number of ether oxygens (including phenoxy) is 2. The van der Waals surface area contributed by atoms with Crippen molar-refractivity contribution in [1.29, 1.82) is 0 Å². The number of methoxy groups -OCH3 is 1. The third-order valence-electron chi connectivity index (χ3n) is 4.73. The number of para-hydroxylation sites is 2. The van der Waals surface area contributed by atoms with Crippen LogP contribution in [0, 0.1) is 11.8 Å². The molecule has 4 atom stereocenters. The topological polar surface area (TPSA) is 76.1 Å². The number of amides is 2. The Bertz CT molecular complexity index is 700. The summed E-state index contributed by atoms with van der Waals surface area (Å²) in [4.78, 5) is 26.8. The summed E-state index contributed by atoms with van der Waals surface area (Å²) in [6.07, 6.45) is 3.01. The lowest BCUT2D eigenvalue weighted by Gasteiger charge is -2.26. The van der Waals surface area contributed by atoms with Crippen LogP contribution < -0.4 is 9.64 Å². The second kappa shape index (κ2) is 4.41. The lowest BCUT2D eigenvalue weighted by molar-refractivity contribution is -0.128. The molecule has 3 heterocycles. The first kappa shape index (κ1) is 13.5. The normalized spacial score (nSPS) is 35.4. The summed E-state index contributed by atoms with van der Waals surface area (Å²) in [5, 5.41) is 9.67. The molecule has 3 aliphatic rings. The van der Waals surface area contributed by atoms with Crippen LogP contribution in [0.25, 0.3) is 0 Å². The first-order valence-electron chi connectivity index (χ1n) is 7.12. The van der Waals surface area contributed by atoms with E-state index in [0.717, 1.165) is 0 Å². The molecular weight excluding hydrogens is 286 g/mol. The van der Waals surface area contributed by atoms with E-state index in [1.807, 2.05) is 0 Å². The average molecular weight is 301 g/mol. The van der Waals surface area contributed by atoms with E-state index in [9.17, 15) is 14.7 Å². The number of hydrogen-bond acceptors (Lipinski definition) is 5. The van der Waals surface area contributed by atoms with Crippen molar-refractivity contribution in [2.24, 2.45) is 11.8 Å². The Balaban J connectivity index is 1.80. The summed E-state index contributed by atoms with van der Waals surface area (Å²) in [6, 6.07) is 6.90. The van der Waals surface area contributed by atoms with E-state index < -0.39 is 23.5 Å². The predicted molar refractivity (Wildman–Crippen MR) is 76.3 cm³/mol. The monoisotopic (exact) mass is 301 g/mol. The number of benzene rings is 1. The number of imide groups is 1. The summed E-state index contributed by atoms with van der Waals surface area (Å²) < 4.78 is 11.0. The van der Waals surface area contributed by atoms with Crippen LogP contribution in [0.15, 0.2) is 36.4 Å². The van der Waals surface area contributed by atoms with E-state index in [4.69, 9.17) is 9.47 Å². The molecule has 0 saturated carbocycles. The van der Waals surface area contributed by atoms with Gasteiger partial charge >= 0.3 is 0 Å². The van der Waals surface area contributed by atoms with Gasteiger partial charge in [-0.3, -0.25) is 9.59 Å². The minimum Gasteiger partial charge on any atom is -0.495 e. The Morgan fingerprint density at radius 2 is 2.09 bits per heavy atom. The van der Waals surface area contributed by atoms with Gasteiger partial charge in [-0.05, 0) is 12.1 Å². The third-order valence-corrected chi connectivity index (χ3v) is 4.73. The molecule has 2 bridgehead atoms. The van der Waals surface area contributed by atoms with Crippen molar-refractivity contribution in [3.05, 3.63) is 36.4 Å². The summed E-state index contributed by atoms with van der Waals surface area (Å²) in [7, 11) is 1.49. The van der Waals surface area contributed by atoms with Crippen LogP contribution in [0.3, 0.4) is 0 Å². The van der Waals surface area contributed by atoms with Gasteiger partial charge in [0.1, 0.15) is 11.4 Å². The van der Waals surface area contributed by atoms with Crippen molar-refractivity contribution < 1.29 is 24.2 Å². The lowest BCUT2D eigenvalue weighted by atomic mass is 9.77. The zero-order valence-corrected chi connectivity index (χ0v) is 11.9. The first-order chi connectivity index (χ1) is 10.6. The van der Waals surface area contributed by atoms with E-state index in [1.165, 1.54) is 12.0 Å². The quantitative estimate of drug-likeness (QED) is 0.650. The van der Waals surface area contributed by atoms with Crippen molar-refractivity contribution in [2.45, 2.75) is 11.7 Å². The molecule has 1 N–H and O–H groups in total. The maximum Gasteiger partial charge on any atom is 0.241 e. The van der Waals surface area contributed by atoms with Crippen LogP contribution in [-0.2, 0) is 14.3 Å². The number of anilines is 1. The zero-order valence-electron chi connectivity index (χ0n) is 11.9.